The molecule has 1 aliphatic heterocycles. The highest BCUT2D eigenvalue weighted by atomic mass is 16.1. The lowest BCUT2D eigenvalue weighted by molar-refractivity contribution is 0.956. The molecule has 3 rings (SSSR count). The van der Waals surface area contributed by atoms with E-state index in [4.69, 9.17) is 0 Å². The summed E-state index contributed by atoms with van der Waals surface area (Å²) < 4.78 is 0. The largest absolute Gasteiger partial charge is 0.321 e. The van der Waals surface area contributed by atoms with E-state index >= 15 is 0 Å². The van der Waals surface area contributed by atoms with Gasteiger partial charge >= 0.3 is 0 Å². The lowest BCUT2D eigenvalue weighted by atomic mass is 10.1. The summed E-state index contributed by atoms with van der Waals surface area (Å²) in [7, 11) is 0. The average Bonchev–Trinajstić information content (AvgIpc) is 2.30. The average molecular weight is 198 g/mol. The quantitative estimate of drug-likeness (QED) is 0.651. The zero-order valence-electron chi connectivity index (χ0n) is 8.16. The Morgan fingerprint density at radius 3 is 3.07 bits per heavy atom. The molecule has 0 amide bonds. The topological polar surface area (TPSA) is 45.2 Å². The zero-order chi connectivity index (χ0) is 10.3. The van der Waals surface area contributed by atoms with Gasteiger partial charge in [-0.2, -0.15) is 0 Å². The lowest BCUT2D eigenvalue weighted by Crippen LogP contribution is -2.42. The third kappa shape index (κ3) is 1.20. The van der Waals surface area contributed by atoms with Crippen molar-refractivity contribution in [3.05, 3.63) is 45.2 Å². The Hall–Kier alpha value is -1.90. The van der Waals surface area contributed by atoms with Crippen molar-refractivity contribution in [2.45, 2.75) is 6.42 Å². The van der Waals surface area contributed by atoms with Crippen LogP contribution in [-0.2, 0) is 0 Å². The van der Waals surface area contributed by atoms with E-state index in [2.05, 4.69) is 9.98 Å². The first-order valence-corrected chi connectivity index (χ1v) is 5.02. The Balaban J connectivity index is 2.69. The molecule has 2 heterocycles. The number of nitrogens with zero attached hydrogens (tertiary/aromatic N) is 1. The van der Waals surface area contributed by atoms with Crippen LogP contribution in [-0.4, -0.2) is 11.5 Å². The van der Waals surface area contributed by atoms with Crippen LogP contribution < -0.4 is 16.1 Å². The van der Waals surface area contributed by atoms with E-state index in [0.29, 0.717) is 0 Å². The maximum atomic E-state index is 11.7. The smallest absolute Gasteiger partial charge is 0.257 e. The van der Waals surface area contributed by atoms with Gasteiger partial charge in [0.05, 0.1) is 16.1 Å². The molecule has 0 aliphatic carbocycles. The first kappa shape index (κ1) is 8.41. The fourth-order valence-electron chi connectivity index (χ4n) is 1.99. The van der Waals surface area contributed by atoms with Gasteiger partial charge in [-0.15, -0.1) is 0 Å². The van der Waals surface area contributed by atoms with Crippen molar-refractivity contribution in [1.82, 2.24) is 4.98 Å². The van der Waals surface area contributed by atoms with Crippen LogP contribution >= 0.6 is 0 Å². The van der Waals surface area contributed by atoms with E-state index in [-0.39, 0.29) is 5.56 Å². The van der Waals surface area contributed by atoms with Crippen LogP contribution in [0.1, 0.15) is 6.42 Å². The number of nitrogens with one attached hydrogen (secondary N) is 1. The Bertz CT molecular complexity index is 698. The summed E-state index contributed by atoms with van der Waals surface area (Å²) in [6, 6.07) is 7.77. The molecule has 0 bridgehead atoms. The summed E-state index contributed by atoms with van der Waals surface area (Å²) in [6.45, 7) is 0.778. The van der Waals surface area contributed by atoms with Crippen molar-refractivity contribution in [3.8, 4) is 0 Å². The summed E-state index contributed by atoms with van der Waals surface area (Å²) >= 11 is 0. The molecule has 1 aromatic carbocycles. The molecular weight excluding hydrogens is 188 g/mol. The fraction of sp³-hybridized carbons (Fsp3) is 0.167. The molecule has 3 heteroatoms. The molecule has 0 radical (unpaired) electrons. The second kappa shape index (κ2) is 3.05. The fourth-order valence-corrected chi connectivity index (χ4v) is 1.99. The third-order valence-corrected chi connectivity index (χ3v) is 2.68. The Labute approximate surface area is 85.8 Å². The van der Waals surface area contributed by atoms with E-state index in [0.717, 1.165) is 34.4 Å². The van der Waals surface area contributed by atoms with Crippen molar-refractivity contribution in [1.29, 1.82) is 0 Å². The number of fused-ring (bicyclic) bond motifs is 3. The molecule has 2 aromatic rings. The SMILES string of the molecule is O=c1[nH]c2ccccc2c2c1=CCCN=2. The number of hydrogen-bond acceptors (Lipinski definition) is 2. The van der Waals surface area contributed by atoms with E-state index in [1.54, 1.807) is 0 Å². The van der Waals surface area contributed by atoms with E-state index in [1.807, 2.05) is 30.3 Å². The van der Waals surface area contributed by atoms with Crippen LogP contribution in [0.5, 0.6) is 0 Å². The van der Waals surface area contributed by atoms with Gasteiger partial charge < -0.3 is 4.98 Å². The van der Waals surface area contributed by atoms with Gasteiger partial charge in [-0.05, 0) is 12.5 Å². The maximum Gasteiger partial charge on any atom is 0.257 e. The van der Waals surface area contributed by atoms with Crippen molar-refractivity contribution < 1.29 is 0 Å². The summed E-state index contributed by atoms with van der Waals surface area (Å²) in [5, 5.41) is 2.60. The predicted molar refractivity (Wildman–Crippen MR) is 59.3 cm³/mol. The van der Waals surface area contributed by atoms with E-state index in [1.165, 1.54) is 0 Å². The number of H-pyrrole nitrogens is 1. The maximum absolute atomic E-state index is 11.7. The Morgan fingerprint density at radius 2 is 2.13 bits per heavy atom. The molecule has 0 spiro atoms. The molecule has 1 aromatic heterocycles. The zero-order valence-corrected chi connectivity index (χ0v) is 8.16. The number of para-hydroxylation sites is 1. The van der Waals surface area contributed by atoms with Gasteiger partial charge in [0.2, 0.25) is 0 Å². The highest BCUT2D eigenvalue weighted by molar-refractivity contribution is 5.77. The van der Waals surface area contributed by atoms with Crippen molar-refractivity contribution in [2.75, 3.05) is 6.54 Å². The van der Waals surface area contributed by atoms with Crippen LogP contribution in [0.4, 0.5) is 0 Å². The second-order valence-corrected chi connectivity index (χ2v) is 3.64. The van der Waals surface area contributed by atoms with Gasteiger partial charge in [-0.1, -0.05) is 24.3 Å². The van der Waals surface area contributed by atoms with Gasteiger partial charge in [0, 0.05) is 11.9 Å². The van der Waals surface area contributed by atoms with Crippen LogP contribution in [0.25, 0.3) is 17.0 Å². The Kier molecular flexibility index (Phi) is 1.71. The molecule has 0 unspecified atom stereocenters. The minimum Gasteiger partial charge on any atom is -0.321 e. The third-order valence-electron chi connectivity index (χ3n) is 2.68. The molecular formula is C12H10N2O. The van der Waals surface area contributed by atoms with Gasteiger partial charge in [-0.25, -0.2) is 0 Å². The van der Waals surface area contributed by atoms with Crippen molar-refractivity contribution in [3.63, 3.8) is 0 Å². The van der Waals surface area contributed by atoms with Crippen LogP contribution in [0.15, 0.2) is 34.1 Å². The van der Waals surface area contributed by atoms with Crippen LogP contribution in [0.2, 0.25) is 0 Å². The van der Waals surface area contributed by atoms with Crippen LogP contribution in [0, 0.1) is 0 Å². The number of hydrogen-bond donors (Lipinski definition) is 1. The molecule has 15 heavy (non-hydrogen) atoms. The van der Waals surface area contributed by atoms with E-state index < -0.39 is 0 Å². The summed E-state index contributed by atoms with van der Waals surface area (Å²) in [6.07, 6.45) is 2.82. The number of pyridine rings is 1. The van der Waals surface area contributed by atoms with Gasteiger partial charge in [0.15, 0.2) is 0 Å². The predicted octanol–water partition coefficient (Wildman–Crippen LogP) is 0.332. The number of aromatic amines is 1. The summed E-state index contributed by atoms with van der Waals surface area (Å²) in [5.41, 5.74) is 0.826. The second-order valence-electron chi connectivity index (χ2n) is 3.64. The molecule has 0 fully saturated rings. The molecule has 0 saturated heterocycles. The van der Waals surface area contributed by atoms with Crippen molar-refractivity contribution in [2.24, 2.45) is 4.99 Å². The lowest BCUT2D eigenvalue weighted by Gasteiger charge is -2.02. The summed E-state index contributed by atoms with van der Waals surface area (Å²) in [5.74, 6) is 0. The molecule has 0 saturated carbocycles. The highest BCUT2D eigenvalue weighted by Gasteiger charge is 2.03. The Morgan fingerprint density at radius 1 is 1.27 bits per heavy atom. The monoisotopic (exact) mass is 198 g/mol. The first-order chi connectivity index (χ1) is 7.36. The molecule has 3 nitrogen and oxygen atoms in total. The standard InChI is InChI=1S/C12H10N2O/c15-12-9-5-3-7-13-11(9)8-4-1-2-6-10(8)14-12/h1-2,4-6H,3,7H2,(H,14,15). The summed E-state index contributed by atoms with van der Waals surface area (Å²) in [4.78, 5) is 19.0. The van der Waals surface area contributed by atoms with Crippen LogP contribution in [0.3, 0.4) is 0 Å². The highest BCUT2D eigenvalue weighted by Crippen LogP contribution is 2.02. The minimum atomic E-state index is -0.0350. The first-order valence-electron chi connectivity index (χ1n) is 5.02. The number of aromatic nitrogens is 1. The molecule has 1 aliphatic rings. The van der Waals surface area contributed by atoms with E-state index in [9.17, 15) is 4.79 Å². The van der Waals surface area contributed by atoms with Crippen molar-refractivity contribution >= 4 is 17.0 Å². The number of benzene rings is 1. The molecule has 0 atom stereocenters. The van der Waals surface area contributed by atoms with Gasteiger partial charge in [0.25, 0.3) is 5.56 Å². The van der Waals surface area contributed by atoms with Gasteiger partial charge in [-0.3, -0.25) is 9.79 Å². The number of rotatable bonds is 0. The minimum absolute atomic E-state index is 0.0350. The molecule has 74 valence electrons. The van der Waals surface area contributed by atoms with Gasteiger partial charge in [0.1, 0.15) is 0 Å². The molecule has 1 N–H and O–H groups in total. The normalized spacial score (nSPS) is 14.1.